The zero-order valence-electron chi connectivity index (χ0n) is 13.8. The van der Waals surface area contributed by atoms with Crippen LogP contribution in [0.25, 0.3) is 0 Å². The molecular formula is C16H40. The molecule has 0 nitrogen and oxygen atoms in total. The molecule has 0 saturated carbocycles. The van der Waals surface area contributed by atoms with Crippen LogP contribution in [0.4, 0.5) is 0 Å². The van der Waals surface area contributed by atoms with E-state index in [9.17, 15) is 0 Å². The number of hydrogen-bond acceptors (Lipinski definition) is 0. The number of rotatable bonds is 1. The van der Waals surface area contributed by atoms with Crippen molar-refractivity contribution >= 4 is 0 Å². The second kappa shape index (κ2) is 217. The number of hydrogen-bond donors (Lipinski definition) is 0. The van der Waals surface area contributed by atoms with Crippen molar-refractivity contribution in [3.63, 3.8) is 0 Å². The molecule has 0 bridgehead atoms. The molecule has 0 aromatic carbocycles. The predicted octanol–water partition coefficient (Wildman–Crippen LogP) is 7.27. The summed E-state index contributed by atoms with van der Waals surface area (Å²) in [6, 6.07) is 0. The molecule has 0 aliphatic rings. The maximum Gasteiger partial charge on any atom is -0.0473 e. The van der Waals surface area contributed by atoms with Gasteiger partial charge < -0.3 is 0 Å². The Kier molecular flexibility index (Phi) is 490. The summed E-state index contributed by atoms with van der Waals surface area (Å²) >= 11 is 0. The van der Waals surface area contributed by atoms with Crippen LogP contribution in [0.2, 0.25) is 0 Å². The summed E-state index contributed by atoms with van der Waals surface area (Å²) in [7, 11) is 0. The highest BCUT2D eigenvalue weighted by Gasteiger charge is 1.56. The van der Waals surface area contributed by atoms with E-state index < -0.39 is 0 Å². The second-order valence-electron chi connectivity index (χ2n) is 2.12. The van der Waals surface area contributed by atoms with Crippen LogP contribution >= 0.6 is 0 Å². The van der Waals surface area contributed by atoms with Crippen molar-refractivity contribution in [2.75, 3.05) is 0 Å². The molecule has 0 aliphatic carbocycles. The van der Waals surface area contributed by atoms with Crippen molar-refractivity contribution in [1.82, 2.24) is 0 Å². The Hall–Kier alpha value is -0.520. The minimum Gasteiger partial charge on any atom is -0.106 e. The van der Waals surface area contributed by atoms with Gasteiger partial charge in [0.2, 0.25) is 0 Å². The van der Waals surface area contributed by atoms with Crippen LogP contribution in [0.3, 0.4) is 0 Å². The van der Waals surface area contributed by atoms with Crippen LogP contribution in [0.5, 0.6) is 0 Å². The fourth-order valence-electron chi connectivity index (χ4n) is 0. The molecule has 0 heterocycles. The first kappa shape index (κ1) is 36.1. The molecule has 0 atom stereocenters. The summed E-state index contributed by atoms with van der Waals surface area (Å²) < 4.78 is 0. The van der Waals surface area contributed by atoms with E-state index >= 15 is 0 Å². The Balaban J connectivity index is -0.0000000193. The van der Waals surface area contributed by atoms with E-state index in [4.69, 9.17) is 0 Å². The van der Waals surface area contributed by atoms with Gasteiger partial charge in [-0.1, -0.05) is 80.7 Å². The lowest BCUT2D eigenvalue weighted by atomic mass is 10.4. The van der Waals surface area contributed by atoms with E-state index in [0.717, 1.165) is 0 Å². The molecule has 0 aromatic rings. The van der Waals surface area contributed by atoms with Gasteiger partial charge in [-0.15, -0.1) is 19.7 Å². The quantitative estimate of drug-likeness (QED) is 0.417. The van der Waals surface area contributed by atoms with E-state index in [-0.39, 0.29) is 0 Å². The molecule has 0 fully saturated rings. The van der Waals surface area contributed by atoms with E-state index in [0.29, 0.717) is 0 Å². The third-order valence-electron chi connectivity index (χ3n) is 0.500. The molecule has 0 N–H and O–H groups in total. The van der Waals surface area contributed by atoms with E-state index in [1.807, 2.05) is 34.6 Å². The molecule has 0 rings (SSSR count). The molecule has 0 unspecified atom stereocenters. The van der Waals surface area contributed by atoms with Gasteiger partial charge in [-0.05, 0) is 6.92 Å². The Morgan fingerprint density at radius 3 is 0.812 bits per heavy atom. The molecule has 0 spiro atoms. The minimum atomic E-state index is 1.25. The van der Waals surface area contributed by atoms with E-state index in [1.54, 1.807) is 6.08 Å². The van der Waals surface area contributed by atoms with Gasteiger partial charge >= 0.3 is 0 Å². The molecule has 16 heavy (non-hydrogen) atoms. The van der Waals surface area contributed by atoms with Crippen LogP contribution in [0, 0.1) is 0 Å². The highest BCUT2D eigenvalue weighted by atomic mass is 13.6. The Labute approximate surface area is 108 Å². The molecule has 0 heteroatoms. The molecule has 0 amide bonds. The maximum absolute atomic E-state index is 3.36. The highest BCUT2D eigenvalue weighted by molar-refractivity contribution is 4.51. The second-order valence-corrected chi connectivity index (χ2v) is 2.12. The normalized spacial score (nSPS) is 4.81. The summed E-state index contributed by atoms with van der Waals surface area (Å²) in [4.78, 5) is 0. The van der Waals surface area contributed by atoms with Gasteiger partial charge in [-0.25, -0.2) is 0 Å². The minimum absolute atomic E-state index is 1.25. The lowest BCUT2D eigenvalue weighted by Crippen LogP contribution is -1.47. The van der Waals surface area contributed by atoms with Gasteiger partial charge in [0.25, 0.3) is 0 Å². The van der Waals surface area contributed by atoms with Crippen LogP contribution < -0.4 is 0 Å². The monoisotopic (exact) mass is 232 g/mol. The Bertz CT molecular complexity index is 35.3. The maximum atomic E-state index is 3.36. The first-order valence-electron chi connectivity index (χ1n) is 6.81. The average molecular weight is 232 g/mol. The molecular weight excluding hydrogens is 192 g/mol. The third kappa shape index (κ3) is 9110. The molecule has 104 valence electrons. The third-order valence-corrected chi connectivity index (χ3v) is 0.500. The fraction of sp³-hybridized carbons (Fsp3) is 0.750. The SMILES string of the molecule is C=C.C=CC.CC.CC.CCC.CCCC. The number of allylic oxidation sites excluding steroid dienone is 1. The Morgan fingerprint density at radius 1 is 0.750 bits per heavy atom. The van der Waals surface area contributed by atoms with Crippen LogP contribution in [0.1, 0.15) is 81.6 Å². The summed E-state index contributed by atoms with van der Waals surface area (Å²) in [5, 5.41) is 0. The first-order chi connectivity index (χ1) is 7.74. The topological polar surface area (TPSA) is 0 Å². The number of unbranched alkanes of at least 4 members (excludes halogenated alkanes) is 1. The molecule has 0 aromatic heterocycles. The van der Waals surface area contributed by atoms with Crippen molar-refractivity contribution in [1.29, 1.82) is 0 Å². The lowest BCUT2D eigenvalue weighted by Gasteiger charge is -1.68. The van der Waals surface area contributed by atoms with Gasteiger partial charge in [0, 0.05) is 0 Å². The van der Waals surface area contributed by atoms with Crippen molar-refractivity contribution in [3.8, 4) is 0 Å². The predicted molar refractivity (Wildman–Crippen MR) is 86.4 cm³/mol. The largest absolute Gasteiger partial charge is 0.106 e. The summed E-state index contributed by atoms with van der Waals surface area (Å²) in [5.41, 5.74) is 0. The van der Waals surface area contributed by atoms with Crippen LogP contribution in [-0.2, 0) is 0 Å². The van der Waals surface area contributed by atoms with Gasteiger partial charge in [0.15, 0.2) is 0 Å². The fourth-order valence-corrected chi connectivity index (χ4v) is 0. The van der Waals surface area contributed by atoms with Gasteiger partial charge in [-0.2, -0.15) is 0 Å². The standard InChI is InChI=1S/C4H10.C3H8.C3H6.2C2H6.C2H4/c1-3-4-2;2*1-3-2;3*1-2/h3-4H2,1-2H3;3H2,1-2H3;3H,1H2,2H3;2*1-2H3;1-2H2. The summed E-state index contributed by atoms with van der Waals surface area (Å²) in [6.45, 7) is 27.9. The average Bonchev–Trinajstić information content (AvgIpc) is 2.38. The van der Waals surface area contributed by atoms with Crippen molar-refractivity contribution in [2.24, 2.45) is 0 Å². The van der Waals surface area contributed by atoms with Crippen LogP contribution in [-0.4, -0.2) is 0 Å². The molecule has 0 saturated heterocycles. The van der Waals surface area contributed by atoms with Gasteiger partial charge in [0.1, 0.15) is 0 Å². The first-order valence-corrected chi connectivity index (χ1v) is 6.81. The summed E-state index contributed by atoms with van der Waals surface area (Å²) in [5.74, 6) is 0. The smallest absolute Gasteiger partial charge is 0.0473 e. The van der Waals surface area contributed by atoms with Crippen molar-refractivity contribution in [2.45, 2.75) is 81.6 Å². The lowest BCUT2D eigenvalue weighted by molar-refractivity contribution is 0.886. The van der Waals surface area contributed by atoms with Crippen molar-refractivity contribution in [3.05, 3.63) is 25.8 Å². The van der Waals surface area contributed by atoms with E-state index in [1.165, 1.54) is 19.3 Å². The zero-order valence-corrected chi connectivity index (χ0v) is 13.8. The summed E-state index contributed by atoms with van der Waals surface area (Å²) in [6.07, 6.45) is 5.64. The van der Waals surface area contributed by atoms with Crippen molar-refractivity contribution < 1.29 is 0 Å². The molecule has 0 aliphatic heterocycles. The Morgan fingerprint density at radius 2 is 0.812 bits per heavy atom. The van der Waals surface area contributed by atoms with E-state index in [2.05, 4.69) is 47.4 Å². The van der Waals surface area contributed by atoms with Gasteiger partial charge in [0.05, 0.1) is 0 Å². The zero-order chi connectivity index (χ0) is 14.8. The molecule has 0 radical (unpaired) electrons. The van der Waals surface area contributed by atoms with Crippen LogP contribution in [0.15, 0.2) is 25.8 Å². The highest BCUT2D eigenvalue weighted by Crippen LogP contribution is 1.76. The van der Waals surface area contributed by atoms with Gasteiger partial charge in [-0.3, -0.25) is 0 Å².